The quantitative estimate of drug-likeness (QED) is 0.681. The molecule has 0 radical (unpaired) electrons. The number of carbonyl (C=O) groups is 1. The average molecular weight is 371 g/mol. The lowest BCUT2D eigenvalue weighted by Gasteiger charge is -2.12. The van der Waals surface area contributed by atoms with Crippen LogP contribution in [-0.4, -0.2) is 15.7 Å². The van der Waals surface area contributed by atoms with Crippen LogP contribution in [0.15, 0.2) is 55.2 Å². The van der Waals surface area contributed by atoms with E-state index < -0.39 is 23.8 Å². The van der Waals surface area contributed by atoms with Crippen LogP contribution >= 0.6 is 0 Å². The van der Waals surface area contributed by atoms with Crippen LogP contribution in [0.4, 0.5) is 18.9 Å². The highest BCUT2D eigenvalue weighted by Gasteiger charge is 2.23. The summed E-state index contributed by atoms with van der Waals surface area (Å²) in [5.41, 5.74) is 1.02. The first-order chi connectivity index (χ1) is 12.9. The minimum absolute atomic E-state index is 0.213. The second-order valence-corrected chi connectivity index (χ2v) is 5.84. The summed E-state index contributed by atoms with van der Waals surface area (Å²) in [5.74, 6) is -1.16. The lowest BCUT2D eigenvalue weighted by atomic mass is 10.0. The molecule has 0 saturated heterocycles. The van der Waals surface area contributed by atoms with Crippen molar-refractivity contribution in [1.82, 2.24) is 9.78 Å². The smallest absolute Gasteiger partial charge is 0.282 e. The van der Waals surface area contributed by atoms with Gasteiger partial charge in [0.25, 0.3) is 12.3 Å². The molecule has 0 fully saturated rings. The highest BCUT2D eigenvalue weighted by Crippen LogP contribution is 2.30. The lowest BCUT2D eigenvalue weighted by molar-refractivity contribution is 0.101. The Morgan fingerprint density at radius 1 is 1.26 bits per heavy atom. The summed E-state index contributed by atoms with van der Waals surface area (Å²) in [6.45, 7) is 3.54. The molecule has 0 aliphatic heterocycles. The molecule has 1 N–H and O–H groups in total. The van der Waals surface area contributed by atoms with Crippen LogP contribution in [0.3, 0.4) is 0 Å². The number of anilines is 1. The minimum Gasteiger partial charge on any atom is -0.321 e. The Bertz CT molecular complexity index is 1010. The molecule has 1 amide bonds. The summed E-state index contributed by atoms with van der Waals surface area (Å²) in [5, 5.41) is 6.24. The average Bonchev–Trinajstić information content (AvgIpc) is 3.04. The standard InChI is InChI=1S/C20H16F3N3O/c1-3-12-8-9-13(10-16(12)21)14-6-4-5-7-17(14)24-20(27)15-11-26(2)25-18(15)19(22)23/h3-11,19H,1H2,2H3,(H,24,27). The maximum atomic E-state index is 14.1. The van der Waals surface area contributed by atoms with Crippen molar-refractivity contribution in [3.63, 3.8) is 0 Å². The summed E-state index contributed by atoms with van der Waals surface area (Å²) >= 11 is 0. The number of rotatable bonds is 5. The number of amides is 1. The molecule has 3 rings (SSSR count). The summed E-state index contributed by atoms with van der Waals surface area (Å²) in [6.07, 6.45) is -0.235. The number of aromatic nitrogens is 2. The Kier molecular flexibility index (Phi) is 5.12. The van der Waals surface area contributed by atoms with Crippen molar-refractivity contribution in [2.75, 3.05) is 5.32 Å². The van der Waals surface area contributed by atoms with E-state index in [0.717, 1.165) is 4.68 Å². The summed E-state index contributed by atoms with van der Waals surface area (Å²) < 4.78 is 41.4. The first-order valence-corrected chi connectivity index (χ1v) is 8.05. The third-order valence-electron chi connectivity index (χ3n) is 4.02. The fourth-order valence-electron chi connectivity index (χ4n) is 2.74. The Hall–Kier alpha value is -3.35. The van der Waals surface area contributed by atoms with Crippen molar-refractivity contribution in [2.45, 2.75) is 6.43 Å². The molecular formula is C20H16F3N3O. The molecule has 0 aliphatic rings. The zero-order valence-corrected chi connectivity index (χ0v) is 14.4. The monoisotopic (exact) mass is 371 g/mol. The number of alkyl halides is 2. The summed E-state index contributed by atoms with van der Waals surface area (Å²) in [6, 6.07) is 11.3. The van der Waals surface area contributed by atoms with Gasteiger partial charge in [0.1, 0.15) is 11.5 Å². The lowest BCUT2D eigenvalue weighted by Crippen LogP contribution is -2.14. The predicted molar refractivity (Wildman–Crippen MR) is 98.0 cm³/mol. The predicted octanol–water partition coefficient (Wildman–Crippen LogP) is 5.06. The van der Waals surface area contributed by atoms with Crippen LogP contribution in [0.2, 0.25) is 0 Å². The highest BCUT2D eigenvalue weighted by molar-refractivity contribution is 6.07. The molecule has 0 aliphatic carbocycles. The Morgan fingerprint density at radius 3 is 2.67 bits per heavy atom. The number of halogens is 3. The number of hydrogen-bond donors (Lipinski definition) is 1. The van der Waals surface area contributed by atoms with E-state index in [1.165, 1.54) is 25.4 Å². The van der Waals surface area contributed by atoms with Gasteiger partial charge in [-0.15, -0.1) is 0 Å². The molecule has 7 heteroatoms. The SMILES string of the molecule is C=Cc1ccc(-c2ccccc2NC(=O)c2cn(C)nc2C(F)F)cc1F. The topological polar surface area (TPSA) is 46.9 Å². The third-order valence-corrected chi connectivity index (χ3v) is 4.02. The van der Waals surface area contributed by atoms with Crippen molar-refractivity contribution in [3.05, 3.63) is 77.9 Å². The number of aryl methyl sites for hydroxylation is 1. The molecular weight excluding hydrogens is 355 g/mol. The molecule has 27 heavy (non-hydrogen) atoms. The molecule has 1 heterocycles. The number of para-hydroxylation sites is 1. The van der Waals surface area contributed by atoms with Gasteiger partial charge in [0.05, 0.1) is 5.56 Å². The van der Waals surface area contributed by atoms with Gasteiger partial charge >= 0.3 is 0 Å². The number of hydrogen-bond acceptors (Lipinski definition) is 2. The summed E-state index contributed by atoms with van der Waals surface area (Å²) in [7, 11) is 1.46. The summed E-state index contributed by atoms with van der Waals surface area (Å²) in [4.78, 5) is 12.5. The number of carbonyl (C=O) groups excluding carboxylic acids is 1. The van der Waals surface area contributed by atoms with Gasteiger partial charge in [-0.3, -0.25) is 9.48 Å². The molecule has 3 aromatic rings. The van der Waals surface area contributed by atoms with Crippen LogP contribution < -0.4 is 5.32 Å². The largest absolute Gasteiger partial charge is 0.321 e. The van der Waals surface area contributed by atoms with E-state index in [4.69, 9.17) is 0 Å². The van der Waals surface area contributed by atoms with E-state index in [2.05, 4.69) is 17.0 Å². The van der Waals surface area contributed by atoms with Crippen molar-refractivity contribution < 1.29 is 18.0 Å². The van der Waals surface area contributed by atoms with Gasteiger partial charge in [0.15, 0.2) is 0 Å². The molecule has 0 spiro atoms. The Labute approximate surface area is 153 Å². The van der Waals surface area contributed by atoms with Gasteiger partial charge < -0.3 is 5.32 Å². The van der Waals surface area contributed by atoms with Crippen molar-refractivity contribution in [1.29, 1.82) is 0 Å². The molecule has 4 nitrogen and oxygen atoms in total. The maximum Gasteiger partial charge on any atom is 0.282 e. The Balaban J connectivity index is 1.96. The van der Waals surface area contributed by atoms with E-state index >= 15 is 0 Å². The highest BCUT2D eigenvalue weighted by atomic mass is 19.3. The normalized spacial score (nSPS) is 10.9. The van der Waals surface area contributed by atoms with Crippen LogP contribution in [0.25, 0.3) is 17.2 Å². The van der Waals surface area contributed by atoms with Gasteiger partial charge in [-0.2, -0.15) is 5.10 Å². The zero-order chi connectivity index (χ0) is 19.6. The maximum absolute atomic E-state index is 14.1. The van der Waals surface area contributed by atoms with Crippen LogP contribution in [0, 0.1) is 5.82 Å². The van der Waals surface area contributed by atoms with E-state index in [9.17, 15) is 18.0 Å². The minimum atomic E-state index is -2.87. The molecule has 2 aromatic carbocycles. The third kappa shape index (κ3) is 3.76. The number of nitrogens with one attached hydrogen (secondary N) is 1. The first kappa shape index (κ1) is 18.4. The first-order valence-electron chi connectivity index (χ1n) is 8.05. The second-order valence-electron chi connectivity index (χ2n) is 5.84. The number of benzene rings is 2. The number of nitrogens with zero attached hydrogens (tertiary/aromatic N) is 2. The molecule has 138 valence electrons. The molecule has 0 bridgehead atoms. The zero-order valence-electron chi connectivity index (χ0n) is 14.4. The van der Waals surface area contributed by atoms with Crippen molar-refractivity contribution in [2.24, 2.45) is 7.05 Å². The Morgan fingerprint density at radius 2 is 2.00 bits per heavy atom. The van der Waals surface area contributed by atoms with Gasteiger partial charge in [-0.05, 0) is 17.7 Å². The van der Waals surface area contributed by atoms with E-state index in [1.54, 1.807) is 36.4 Å². The molecule has 0 atom stereocenters. The fourth-order valence-corrected chi connectivity index (χ4v) is 2.74. The second kappa shape index (κ2) is 7.49. The van der Waals surface area contributed by atoms with Gasteiger partial charge in [-0.1, -0.05) is 43.0 Å². The van der Waals surface area contributed by atoms with Gasteiger partial charge in [-0.25, -0.2) is 13.2 Å². The molecule has 0 unspecified atom stereocenters. The van der Waals surface area contributed by atoms with E-state index in [0.29, 0.717) is 22.4 Å². The fraction of sp³-hybridized carbons (Fsp3) is 0.100. The van der Waals surface area contributed by atoms with Gasteiger partial charge in [0, 0.05) is 30.1 Å². The van der Waals surface area contributed by atoms with Crippen LogP contribution in [-0.2, 0) is 7.05 Å². The van der Waals surface area contributed by atoms with Crippen molar-refractivity contribution >= 4 is 17.7 Å². The van der Waals surface area contributed by atoms with Crippen molar-refractivity contribution in [3.8, 4) is 11.1 Å². The van der Waals surface area contributed by atoms with Crippen LogP contribution in [0.5, 0.6) is 0 Å². The molecule has 0 saturated carbocycles. The van der Waals surface area contributed by atoms with Crippen LogP contribution in [0.1, 0.15) is 28.0 Å². The molecule has 1 aromatic heterocycles. The van der Waals surface area contributed by atoms with E-state index in [1.807, 2.05) is 0 Å². The van der Waals surface area contributed by atoms with Gasteiger partial charge in [0.2, 0.25) is 0 Å². The van der Waals surface area contributed by atoms with E-state index in [-0.39, 0.29) is 5.56 Å².